The Morgan fingerprint density at radius 2 is 1.94 bits per heavy atom. The number of hydrogen-bond acceptors (Lipinski definition) is 3. The molecule has 1 aromatic heterocycles. The molecule has 1 aliphatic rings. The highest BCUT2D eigenvalue weighted by atomic mass is 16.2. The van der Waals surface area contributed by atoms with Gasteiger partial charge in [0.2, 0.25) is 5.91 Å². The Morgan fingerprint density at radius 1 is 1.13 bits per heavy atom. The molecular weight excluding hydrogens is 388 g/mol. The second kappa shape index (κ2) is 9.16. The fourth-order valence-electron chi connectivity index (χ4n) is 4.33. The summed E-state index contributed by atoms with van der Waals surface area (Å²) in [6.45, 7) is 5.50. The van der Waals surface area contributed by atoms with Crippen LogP contribution < -0.4 is 5.32 Å². The van der Waals surface area contributed by atoms with Gasteiger partial charge in [-0.25, -0.2) is 4.98 Å². The Hall–Kier alpha value is -3.41. The summed E-state index contributed by atoms with van der Waals surface area (Å²) in [5.74, 6) is -0.0799. The lowest BCUT2D eigenvalue weighted by Gasteiger charge is -2.26. The third-order valence-electron chi connectivity index (χ3n) is 5.69. The van der Waals surface area contributed by atoms with Gasteiger partial charge in [0, 0.05) is 43.2 Å². The smallest absolute Gasteiger partial charge is 0.254 e. The number of aromatic nitrogens is 2. The third-order valence-corrected chi connectivity index (χ3v) is 5.69. The number of hydrogen-bond donors (Lipinski definition) is 1. The van der Waals surface area contributed by atoms with E-state index < -0.39 is 0 Å². The standard InChI is InChI=1S/C25H28N4O2/c1-18-13-19(2)15-21(14-18)23-7-4-10-29(23)25(31)20-5-3-6-22(16-20)27-24(30)8-11-28-12-9-26-17-28/h3,5-6,9,12-17,23H,4,7-8,10-11H2,1-2H3,(H,27,30). The van der Waals surface area contributed by atoms with Gasteiger partial charge in [-0.3, -0.25) is 9.59 Å². The van der Waals surface area contributed by atoms with E-state index in [2.05, 4.69) is 42.3 Å². The number of benzene rings is 2. The van der Waals surface area contributed by atoms with Crippen molar-refractivity contribution in [3.05, 3.63) is 83.4 Å². The van der Waals surface area contributed by atoms with E-state index in [4.69, 9.17) is 0 Å². The van der Waals surface area contributed by atoms with Crippen LogP contribution in [0.3, 0.4) is 0 Å². The monoisotopic (exact) mass is 416 g/mol. The van der Waals surface area contributed by atoms with Crippen LogP contribution in [0, 0.1) is 13.8 Å². The molecule has 160 valence electrons. The molecule has 3 aromatic rings. The number of carbonyl (C=O) groups is 2. The van der Waals surface area contributed by atoms with Crippen molar-refractivity contribution in [1.82, 2.24) is 14.5 Å². The highest BCUT2D eigenvalue weighted by Crippen LogP contribution is 2.34. The summed E-state index contributed by atoms with van der Waals surface area (Å²) in [6, 6.07) is 13.8. The number of likely N-dealkylation sites (tertiary alicyclic amines) is 1. The summed E-state index contributed by atoms with van der Waals surface area (Å²) in [5.41, 5.74) is 4.88. The van der Waals surface area contributed by atoms with Gasteiger partial charge in [0.05, 0.1) is 12.4 Å². The van der Waals surface area contributed by atoms with Gasteiger partial charge in [-0.1, -0.05) is 35.4 Å². The summed E-state index contributed by atoms with van der Waals surface area (Å²) < 4.78 is 1.86. The molecule has 1 unspecified atom stereocenters. The maximum absolute atomic E-state index is 13.3. The van der Waals surface area contributed by atoms with E-state index in [1.54, 1.807) is 18.6 Å². The molecule has 0 spiro atoms. The van der Waals surface area contributed by atoms with E-state index >= 15 is 0 Å². The quantitative estimate of drug-likeness (QED) is 0.643. The first-order valence-corrected chi connectivity index (χ1v) is 10.7. The third kappa shape index (κ3) is 5.02. The maximum atomic E-state index is 13.3. The van der Waals surface area contributed by atoms with Crippen LogP contribution in [-0.4, -0.2) is 32.8 Å². The zero-order valence-electron chi connectivity index (χ0n) is 18.0. The van der Waals surface area contributed by atoms with Crippen molar-refractivity contribution in [2.24, 2.45) is 0 Å². The summed E-state index contributed by atoms with van der Waals surface area (Å²) in [4.78, 5) is 31.6. The highest BCUT2D eigenvalue weighted by Gasteiger charge is 2.30. The van der Waals surface area contributed by atoms with Gasteiger partial charge in [0.15, 0.2) is 0 Å². The Kier molecular flexibility index (Phi) is 6.16. The molecular formula is C25H28N4O2. The molecule has 2 amide bonds. The minimum Gasteiger partial charge on any atom is -0.337 e. The first kappa shape index (κ1) is 20.8. The van der Waals surface area contributed by atoms with E-state index in [0.717, 1.165) is 19.4 Å². The minimum atomic E-state index is -0.0902. The number of aryl methyl sites for hydroxylation is 3. The van der Waals surface area contributed by atoms with Crippen molar-refractivity contribution >= 4 is 17.5 Å². The Balaban J connectivity index is 1.45. The van der Waals surface area contributed by atoms with E-state index in [1.807, 2.05) is 33.9 Å². The molecule has 6 nitrogen and oxygen atoms in total. The van der Waals surface area contributed by atoms with Crippen LogP contribution >= 0.6 is 0 Å². The van der Waals surface area contributed by atoms with Crippen molar-refractivity contribution in [3.63, 3.8) is 0 Å². The number of anilines is 1. The molecule has 0 aliphatic carbocycles. The SMILES string of the molecule is Cc1cc(C)cc(C2CCCN2C(=O)c2cccc(NC(=O)CCn3ccnc3)c2)c1. The predicted molar refractivity (Wildman–Crippen MR) is 121 cm³/mol. The zero-order valence-corrected chi connectivity index (χ0v) is 18.0. The van der Waals surface area contributed by atoms with Gasteiger partial charge >= 0.3 is 0 Å². The van der Waals surface area contributed by atoms with Crippen LogP contribution in [0.4, 0.5) is 5.69 Å². The molecule has 1 atom stereocenters. The maximum Gasteiger partial charge on any atom is 0.254 e. The molecule has 31 heavy (non-hydrogen) atoms. The van der Waals surface area contributed by atoms with E-state index in [1.165, 1.54) is 16.7 Å². The van der Waals surface area contributed by atoms with E-state index in [0.29, 0.717) is 24.2 Å². The Morgan fingerprint density at radius 3 is 2.68 bits per heavy atom. The summed E-state index contributed by atoms with van der Waals surface area (Å²) in [6.07, 6.45) is 7.52. The first-order chi connectivity index (χ1) is 15.0. The van der Waals surface area contributed by atoms with Crippen LogP contribution in [0.5, 0.6) is 0 Å². The largest absolute Gasteiger partial charge is 0.337 e. The lowest BCUT2D eigenvalue weighted by Crippen LogP contribution is -2.30. The molecule has 2 heterocycles. The number of nitrogens with zero attached hydrogens (tertiary/aromatic N) is 3. The highest BCUT2D eigenvalue weighted by molar-refractivity contribution is 5.97. The van der Waals surface area contributed by atoms with Crippen LogP contribution in [0.25, 0.3) is 0 Å². The molecule has 1 N–H and O–H groups in total. The van der Waals surface area contributed by atoms with Crippen molar-refractivity contribution in [3.8, 4) is 0 Å². The lowest BCUT2D eigenvalue weighted by molar-refractivity contribution is -0.116. The van der Waals surface area contributed by atoms with Gasteiger partial charge in [-0.15, -0.1) is 0 Å². The number of rotatable bonds is 6. The summed E-state index contributed by atoms with van der Waals surface area (Å²) in [7, 11) is 0. The fourth-order valence-corrected chi connectivity index (χ4v) is 4.33. The predicted octanol–water partition coefficient (Wildman–Crippen LogP) is 4.51. The molecule has 1 saturated heterocycles. The molecule has 0 saturated carbocycles. The molecule has 0 radical (unpaired) electrons. The van der Waals surface area contributed by atoms with Crippen molar-refractivity contribution < 1.29 is 9.59 Å². The van der Waals surface area contributed by atoms with Gasteiger partial charge in [-0.05, 0) is 50.5 Å². The minimum absolute atomic E-state index is 0.0103. The van der Waals surface area contributed by atoms with E-state index in [9.17, 15) is 9.59 Å². The summed E-state index contributed by atoms with van der Waals surface area (Å²) >= 11 is 0. The topological polar surface area (TPSA) is 67.2 Å². The van der Waals surface area contributed by atoms with Crippen LogP contribution in [0.1, 0.15) is 52.4 Å². The van der Waals surface area contributed by atoms with Gasteiger partial charge < -0.3 is 14.8 Å². The normalized spacial score (nSPS) is 15.8. The second-order valence-electron chi connectivity index (χ2n) is 8.26. The van der Waals surface area contributed by atoms with Gasteiger partial charge in [0.25, 0.3) is 5.91 Å². The van der Waals surface area contributed by atoms with E-state index in [-0.39, 0.29) is 17.9 Å². The van der Waals surface area contributed by atoms with Crippen molar-refractivity contribution in [2.45, 2.75) is 45.7 Å². The lowest BCUT2D eigenvalue weighted by atomic mass is 9.99. The Bertz CT molecular complexity index is 1050. The second-order valence-corrected chi connectivity index (χ2v) is 8.26. The number of carbonyl (C=O) groups excluding carboxylic acids is 2. The molecule has 1 fully saturated rings. The van der Waals surface area contributed by atoms with Crippen LogP contribution in [0.2, 0.25) is 0 Å². The number of amides is 2. The van der Waals surface area contributed by atoms with Crippen LogP contribution in [0.15, 0.2) is 61.2 Å². The molecule has 6 heteroatoms. The zero-order chi connectivity index (χ0) is 21.8. The number of nitrogens with one attached hydrogen (secondary N) is 1. The van der Waals surface area contributed by atoms with Crippen molar-refractivity contribution in [1.29, 1.82) is 0 Å². The van der Waals surface area contributed by atoms with Gasteiger partial charge in [-0.2, -0.15) is 0 Å². The molecule has 0 bridgehead atoms. The van der Waals surface area contributed by atoms with Gasteiger partial charge in [0.1, 0.15) is 0 Å². The fraction of sp³-hybridized carbons (Fsp3) is 0.320. The Labute approximate surface area is 182 Å². The average molecular weight is 417 g/mol. The molecule has 4 rings (SSSR count). The molecule has 1 aliphatic heterocycles. The van der Waals surface area contributed by atoms with Crippen LogP contribution in [-0.2, 0) is 11.3 Å². The van der Waals surface area contributed by atoms with Crippen molar-refractivity contribution in [2.75, 3.05) is 11.9 Å². The molecule has 2 aromatic carbocycles. The average Bonchev–Trinajstić information content (AvgIpc) is 3.43. The summed E-state index contributed by atoms with van der Waals surface area (Å²) in [5, 5.41) is 2.90. The first-order valence-electron chi connectivity index (χ1n) is 10.7. The number of imidazole rings is 1.